The van der Waals surface area contributed by atoms with Crippen molar-refractivity contribution in [3.63, 3.8) is 0 Å². The average molecular weight is 313 g/mol. The van der Waals surface area contributed by atoms with Crippen LogP contribution in [0.25, 0.3) is 0 Å². The van der Waals surface area contributed by atoms with E-state index in [1.165, 1.54) is 5.56 Å². The van der Waals surface area contributed by atoms with Gasteiger partial charge in [-0.25, -0.2) is 0 Å². The second kappa shape index (κ2) is 7.70. The second-order valence-electron chi connectivity index (χ2n) is 4.61. The fourth-order valence-electron chi connectivity index (χ4n) is 1.95. The van der Waals surface area contributed by atoms with Crippen LogP contribution in [-0.2, 0) is 17.8 Å². The molecule has 0 fully saturated rings. The molecule has 0 saturated heterocycles. The van der Waals surface area contributed by atoms with E-state index in [1.807, 2.05) is 18.2 Å². The maximum atomic E-state index is 6.02. The number of halogens is 2. The zero-order chi connectivity index (χ0) is 14.4. The van der Waals surface area contributed by atoms with Gasteiger partial charge in [0.2, 0.25) is 0 Å². The number of rotatable bonds is 7. The van der Waals surface area contributed by atoms with Gasteiger partial charge < -0.3 is 14.6 Å². The Hall–Kier alpha value is -1.000. The number of benzene rings is 1. The Morgan fingerprint density at radius 1 is 1.15 bits per heavy atom. The highest BCUT2D eigenvalue weighted by Gasteiger charge is 2.01. The molecule has 5 heteroatoms. The van der Waals surface area contributed by atoms with E-state index in [0.29, 0.717) is 10.0 Å². The van der Waals surface area contributed by atoms with Crippen LogP contribution in [0.3, 0.4) is 0 Å². The molecule has 0 aliphatic rings. The highest BCUT2D eigenvalue weighted by Crippen LogP contribution is 2.23. The molecule has 0 aliphatic heterocycles. The molecule has 1 aromatic carbocycles. The quantitative estimate of drug-likeness (QED) is 0.791. The largest absolute Gasteiger partial charge is 0.383 e. The molecule has 1 N–H and O–H groups in total. The third-order valence-corrected chi connectivity index (χ3v) is 3.71. The van der Waals surface area contributed by atoms with Crippen molar-refractivity contribution in [2.75, 3.05) is 20.3 Å². The molecule has 0 bridgehead atoms. The fraction of sp³-hybridized carbons (Fsp3) is 0.333. The summed E-state index contributed by atoms with van der Waals surface area (Å²) < 4.78 is 7.13. The van der Waals surface area contributed by atoms with Crippen molar-refractivity contribution < 1.29 is 4.74 Å². The number of nitrogens with one attached hydrogen (secondary N) is 1. The summed E-state index contributed by atoms with van der Waals surface area (Å²) >= 11 is 11.9. The van der Waals surface area contributed by atoms with E-state index in [9.17, 15) is 0 Å². The summed E-state index contributed by atoms with van der Waals surface area (Å²) in [4.78, 5) is 0. The minimum atomic E-state index is 0.589. The summed E-state index contributed by atoms with van der Waals surface area (Å²) in [6.45, 7) is 3.21. The van der Waals surface area contributed by atoms with Gasteiger partial charge in [0.1, 0.15) is 0 Å². The Bertz CT molecular complexity index is 555. The van der Waals surface area contributed by atoms with Gasteiger partial charge in [0.25, 0.3) is 0 Å². The van der Waals surface area contributed by atoms with Crippen molar-refractivity contribution in [3.8, 4) is 0 Å². The zero-order valence-electron chi connectivity index (χ0n) is 11.4. The number of hydrogen-bond donors (Lipinski definition) is 1. The number of ether oxygens (including phenoxy) is 1. The number of hydrogen-bond acceptors (Lipinski definition) is 2. The van der Waals surface area contributed by atoms with Crippen molar-refractivity contribution in [1.29, 1.82) is 0 Å². The molecule has 108 valence electrons. The van der Waals surface area contributed by atoms with Crippen LogP contribution < -0.4 is 5.32 Å². The Morgan fingerprint density at radius 2 is 2.00 bits per heavy atom. The molecule has 0 radical (unpaired) electrons. The van der Waals surface area contributed by atoms with E-state index >= 15 is 0 Å². The van der Waals surface area contributed by atoms with Crippen LogP contribution in [0.1, 0.15) is 11.1 Å². The molecule has 1 aromatic heterocycles. The highest BCUT2D eigenvalue weighted by atomic mass is 35.5. The van der Waals surface area contributed by atoms with Crippen LogP contribution >= 0.6 is 23.2 Å². The minimum Gasteiger partial charge on any atom is -0.383 e. The first-order chi connectivity index (χ1) is 9.69. The van der Waals surface area contributed by atoms with Gasteiger partial charge >= 0.3 is 0 Å². The molecule has 0 spiro atoms. The summed E-state index contributed by atoms with van der Waals surface area (Å²) in [6.07, 6.45) is 4.19. The van der Waals surface area contributed by atoms with E-state index in [4.69, 9.17) is 27.9 Å². The Labute approximate surface area is 129 Å². The molecule has 0 unspecified atom stereocenters. The molecule has 20 heavy (non-hydrogen) atoms. The van der Waals surface area contributed by atoms with E-state index in [2.05, 4.69) is 28.3 Å². The van der Waals surface area contributed by atoms with Crippen LogP contribution in [0.5, 0.6) is 0 Å². The van der Waals surface area contributed by atoms with E-state index in [0.717, 1.165) is 31.8 Å². The smallest absolute Gasteiger partial charge is 0.0595 e. The maximum absolute atomic E-state index is 6.02. The number of nitrogens with zero attached hydrogens (tertiary/aromatic N) is 1. The van der Waals surface area contributed by atoms with Crippen LogP contribution in [0, 0.1) is 0 Å². The standard InChI is InChI=1S/C15H18Cl2N2O/c1-20-7-5-18-9-13-4-6-19(11-13)10-12-2-3-14(16)15(17)8-12/h2-4,6,8,11,18H,5,7,9-10H2,1H3. The van der Waals surface area contributed by atoms with Crippen molar-refractivity contribution >= 4 is 23.2 Å². The topological polar surface area (TPSA) is 26.2 Å². The van der Waals surface area contributed by atoms with Crippen LogP contribution in [0.2, 0.25) is 10.0 Å². The van der Waals surface area contributed by atoms with Gasteiger partial charge in [-0.3, -0.25) is 0 Å². The predicted molar refractivity (Wildman–Crippen MR) is 83.6 cm³/mol. The molecular formula is C15H18Cl2N2O. The number of aromatic nitrogens is 1. The molecule has 1 heterocycles. The predicted octanol–water partition coefficient (Wildman–Crippen LogP) is 3.58. The van der Waals surface area contributed by atoms with E-state index in [1.54, 1.807) is 7.11 Å². The van der Waals surface area contributed by atoms with Crippen LogP contribution in [0.15, 0.2) is 36.7 Å². The molecule has 0 aliphatic carbocycles. The van der Waals surface area contributed by atoms with Crippen LogP contribution in [-0.4, -0.2) is 24.8 Å². The normalized spacial score (nSPS) is 10.9. The lowest BCUT2D eigenvalue weighted by Crippen LogP contribution is -2.18. The lowest BCUT2D eigenvalue weighted by Gasteiger charge is -2.05. The summed E-state index contributed by atoms with van der Waals surface area (Å²) in [5.74, 6) is 0. The molecule has 0 atom stereocenters. The monoisotopic (exact) mass is 312 g/mol. The highest BCUT2D eigenvalue weighted by molar-refractivity contribution is 6.42. The van der Waals surface area contributed by atoms with Crippen molar-refractivity contribution in [2.45, 2.75) is 13.1 Å². The molecule has 0 amide bonds. The van der Waals surface area contributed by atoms with Gasteiger partial charge in [0.05, 0.1) is 16.7 Å². The summed E-state index contributed by atoms with van der Waals surface area (Å²) in [6, 6.07) is 7.83. The molecule has 2 aromatic rings. The van der Waals surface area contributed by atoms with Crippen molar-refractivity contribution in [2.24, 2.45) is 0 Å². The Morgan fingerprint density at radius 3 is 2.75 bits per heavy atom. The second-order valence-corrected chi connectivity index (χ2v) is 5.42. The van der Waals surface area contributed by atoms with E-state index in [-0.39, 0.29) is 0 Å². The third-order valence-electron chi connectivity index (χ3n) is 2.97. The average Bonchev–Trinajstić information content (AvgIpc) is 2.87. The number of methoxy groups -OCH3 is 1. The molecular weight excluding hydrogens is 295 g/mol. The molecule has 3 nitrogen and oxygen atoms in total. The summed E-state index contributed by atoms with van der Waals surface area (Å²) in [7, 11) is 1.70. The van der Waals surface area contributed by atoms with Gasteiger partial charge in [0.15, 0.2) is 0 Å². The lowest BCUT2D eigenvalue weighted by atomic mass is 10.2. The van der Waals surface area contributed by atoms with Gasteiger partial charge in [0, 0.05) is 39.1 Å². The first-order valence-electron chi connectivity index (χ1n) is 6.47. The lowest BCUT2D eigenvalue weighted by molar-refractivity contribution is 0.199. The Kier molecular flexibility index (Phi) is 5.92. The SMILES string of the molecule is COCCNCc1ccn(Cc2ccc(Cl)c(Cl)c2)c1. The first kappa shape index (κ1) is 15.4. The van der Waals surface area contributed by atoms with E-state index < -0.39 is 0 Å². The van der Waals surface area contributed by atoms with Gasteiger partial charge in [-0.15, -0.1) is 0 Å². The maximum Gasteiger partial charge on any atom is 0.0595 e. The fourth-order valence-corrected chi connectivity index (χ4v) is 2.27. The van der Waals surface area contributed by atoms with Gasteiger partial charge in [-0.05, 0) is 29.3 Å². The van der Waals surface area contributed by atoms with Crippen molar-refractivity contribution in [1.82, 2.24) is 9.88 Å². The molecule has 0 saturated carbocycles. The van der Waals surface area contributed by atoms with Gasteiger partial charge in [-0.1, -0.05) is 29.3 Å². The minimum absolute atomic E-state index is 0.589. The van der Waals surface area contributed by atoms with Crippen LogP contribution in [0.4, 0.5) is 0 Å². The van der Waals surface area contributed by atoms with Crippen molar-refractivity contribution in [3.05, 3.63) is 57.8 Å². The summed E-state index contributed by atoms with van der Waals surface area (Å²) in [5, 5.41) is 4.50. The zero-order valence-corrected chi connectivity index (χ0v) is 12.9. The van der Waals surface area contributed by atoms with Gasteiger partial charge in [-0.2, -0.15) is 0 Å². The Balaban J connectivity index is 1.90. The molecule has 2 rings (SSSR count). The summed E-state index contributed by atoms with van der Waals surface area (Å²) in [5.41, 5.74) is 2.38. The third kappa shape index (κ3) is 4.53. The first-order valence-corrected chi connectivity index (χ1v) is 7.23.